The minimum atomic E-state index is -4.51. The number of anilines is 1. The third-order valence-electron chi connectivity index (χ3n) is 4.41. The van der Waals surface area contributed by atoms with E-state index in [9.17, 15) is 22.8 Å². The number of ether oxygens (including phenoxy) is 1. The van der Waals surface area contributed by atoms with Gasteiger partial charge in [0.15, 0.2) is 0 Å². The number of carbonyl (C=O) groups is 2. The highest BCUT2D eigenvalue weighted by molar-refractivity contribution is 6.31. The normalized spacial score (nSPS) is 20.4. The van der Waals surface area contributed by atoms with Crippen LogP contribution < -0.4 is 5.32 Å². The number of hydrogen-bond acceptors (Lipinski definition) is 3. The first-order valence-corrected chi connectivity index (χ1v) is 9.03. The minimum absolute atomic E-state index is 0.0407. The topological polar surface area (TPSA) is 58.6 Å². The van der Waals surface area contributed by atoms with Gasteiger partial charge >= 0.3 is 6.18 Å². The molecule has 0 bridgehead atoms. The fourth-order valence-corrected chi connectivity index (χ4v) is 3.38. The van der Waals surface area contributed by atoms with Crippen LogP contribution in [0.3, 0.4) is 0 Å². The standard InChI is InChI=1S/C18H22ClF3N2O3/c1-11-4-3-5-12(2)24(11)17(26)14-8-13(19)6-7-15(14)23-16(25)9-27-10-18(20,21)22/h6-8,11-12H,3-5,9-10H2,1-2H3,(H,23,25)/t11-,12-/m0/s1. The summed E-state index contributed by atoms with van der Waals surface area (Å²) < 4.78 is 40.7. The minimum Gasteiger partial charge on any atom is -0.362 e. The average Bonchev–Trinajstić information content (AvgIpc) is 2.55. The average molecular weight is 407 g/mol. The second-order valence-corrected chi connectivity index (χ2v) is 7.12. The number of rotatable bonds is 5. The number of nitrogens with one attached hydrogen (secondary N) is 1. The molecule has 0 radical (unpaired) electrons. The van der Waals surface area contributed by atoms with Gasteiger partial charge in [-0.1, -0.05) is 11.6 Å². The van der Waals surface area contributed by atoms with Crippen LogP contribution in [0.25, 0.3) is 0 Å². The van der Waals surface area contributed by atoms with Gasteiger partial charge in [0.25, 0.3) is 5.91 Å². The number of alkyl halides is 3. The molecule has 1 N–H and O–H groups in total. The van der Waals surface area contributed by atoms with Crippen LogP contribution in [-0.4, -0.2) is 48.2 Å². The quantitative estimate of drug-likeness (QED) is 0.794. The summed E-state index contributed by atoms with van der Waals surface area (Å²) in [6.07, 6.45) is -1.72. The number of hydrogen-bond donors (Lipinski definition) is 1. The van der Waals surface area contributed by atoms with Crippen LogP contribution >= 0.6 is 11.6 Å². The molecule has 1 fully saturated rings. The maximum Gasteiger partial charge on any atom is 0.411 e. The summed E-state index contributed by atoms with van der Waals surface area (Å²) in [6, 6.07) is 4.48. The van der Waals surface area contributed by atoms with Crippen LogP contribution in [0.4, 0.5) is 18.9 Å². The smallest absolute Gasteiger partial charge is 0.362 e. The van der Waals surface area contributed by atoms with Crippen LogP contribution in [-0.2, 0) is 9.53 Å². The van der Waals surface area contributed by atoms with E-state index in [0.717, 1.165) is 19.3 Å². The monoisotopic (exact) mass is 406 g/mol. The van der Waals surface area contributed by atoms with Gasteiger partial charge in [0, 0.05) is 17.1 Å². The molecule has 0 unspecified atom stereocenters. The van der Waals surface area contributed by atoms with Crippen molar-refractivity contribution in [3.63, 3.8) is 0 Å². The molecule has 9 heteroatoms. The van der Waals surface area contributed by atoms with Gasteiger partial charge in [0.2, 0.25) is 5.91 Å². The zero-order chi connectivity index (χ0) is 20.2. The molecule has 0 spiro atoms. The molecule has 27 heavy (non-hydrogen) atoms. The van der Waals surface area contributed by atoms with Crippen molar-refractivity contribution in [2.75, 3.05) is 18.5 Å². The highest BCUT2D eigenvalue weighted by Gasteiger charge is 2.31. The number of benzene rings is 1. The Hall–Kier alpha value is -1.80. The maximum absolute atomic E-state index is 13.1. The summed E-state index contributed by atoms with van der Waals surface area (Å²) >= 11 is 6.01. The molecule has 1 aromatic carbocycles. The summed E-state index contributed by atoms with van der Waals surface area (Å²) in [5, 5.41) is 2.76. The number of likely N-dealkylation sites (tertiary alicyclic amines) is 1. The molecule has 1 aliphatic rings. The van der Waals surface area contributed by atoms with Crippen LogP contribution in [0.5, 0.6) is 0 Å². The van der Waals surface area contributed by atoms with Crippen molar-refractivity contribution >= 4 is 29.1 Å². The number of piperidine rings is 1. The molecule has 1 saturated heterocycles. The molecule has 2 rings (SSSR count). The lowest BCUT2D eigenvalue weighted by Crippen LogP contribution is -2.47. The SMILES string of the molecule is C[C@H]1CCC[C@H](C)N1C(=O)c1cc(Cl)ccc1NC(=O)COCC(F)(F)F. The van der Waals surface area contributed by atoms with E-state index in [1.54, 1.807) is 4.90 Å². The first-order chi connectivity index (χ1) is 12.6. The molecule has 0 aromatic heterocycles. The lowest BCUT2D eigenvalue weighted by Gasteiger charge is -2.39. The van der Waals surface area contributed by atoms with Gasteiger partial charge in [-0.15, -0.1) is 0 Å². The van der Waals surface area contributed by atoms with Crippen molar-refractivity contribution in [3.8, 4) is 0 Å². The van der Waals surface area contributed by atoms with E-state index in [1.165, 1.54) is 18.2 Å². The Morgan fingerprint density at radius 1 is 1.26 bits per heavy atom. The Bertz CT molecular complexity index is 687. The number of halogens is 4. The first-order valence-electron chi connectivity index (χ1n) is 8.65. The largest absolute Gasteiger partial charge is 0.411 e. The lowest BCUT2D eigenvalue weighted by molar-refractivity contribution is -0.174. The molecular formula is C18H22ClF3N2O3. The van der Waals surface area contributed by atoms with Crippen LogP contribution in [0.1, 0.15) is 43.5 Å². The van der Waals surface area contributed by atoms with Crippen LogP contribution in [0.2, 0.25) is 5.02 Å². The van der Waals surface area contributed by atoms with E-state index in [1.807, 2.05) is 13.8 Å². The third-order valence-corrected chi connectivity index (χ3v) is 4.65. The fourth-order valence-electron chi connectivity index (χ4n) is 3.21. The lowest BCUT2D eigenvalue weighted by atomic mass is 9.96. The molecule has 150 valence electrons. The Balaban J connectivity index is 2.14. The summed E-state index contributed by atoms with van der Waals surface area (Å²) in [6.45, 7) is 1.63. The Morgan fingerprint density at radius 2 is 1.89 bits per heavy atom. The molecule has 2 atom stereocenters. The van der Waals surface area contributed by atoms with Gasteiger partial charge < -0.3 is 15.0 Å². The number of amides is 2. The van der Waals surface area contributed by atoms with Crippen molar-refractivity contribution in [2.45, 2.75) is 51.4 Å². The van der Waals surface area contributed by atoms with E-state index in [2.05, 4.69) is 10.1 Å². The molecule has 0 saturated carbocycles. The van der Waals surface area contributed by atoms with Crippen molar-refractivity contribution in [2.24, 2.45) is 0 Å². The van der Waals surface area contributed by atoms with Crippen molar-refractivity contribution < 1.29 is 27.5 Å². The second kappa shape index (κ2) is 8.93. The van der Waals surface area contributed by atoms with Crippen molar-refractivity contribution in [1.82, 2.24) is 4.90 Å². The molecule has 2 amide bonds. The summed E-state index contributed by atoms with van der Waals surface area (Å²) in [7, 11) is 0. The van der Waals surface area contributed by atoms with Gasteiger partial charge in [0.1, 0.15) is 13.2 Å². The Labute approximate surface area is 160 Å². The molecular weight excluding hydrogens is 385 g/mol. The highest BCUT2D eigenvalue weighted by atomic mass is 35.5. The van der Waals surface area contributed by atoms with Crippen molar-refractivity contribution in [1.29, 1.82) is 0 Å². The summed E-state index contributed by atoms with van der Waals surface area (Å²) in [4.78, 5) is 26.7. The van der Waals surface area contributed by atoms with E-state index >= 15 is 0 Å². The second-order valence-electron chi connectivity index (χ2n) is 6.69. The zero-order valence-corrected chi connectivity index (χ0v) is 15.9. The van der Waals surface area contributed by atoms with Gasteiger partial charge in [-0.3, -0.25) is 9.59 Å². The van der Waals surface area contributed by atoms with Crippen molar-refractivity contribution in [3.05, 3.63) is 28.8 Å². The van der Waals surface area contributed by atoms with E-state index < -0.39 is 25.3 Å². The number of nitrogens with zero attached hydrogens (tertiary/aromatic N) is 1. The zero-order valence-electron chi connectivity index (χ0n) is 15.1. The first kappa shape index (κ1) is 21.5. The summed E-state index contributed by atoms with van der Waals surface area (Å²) in [5.41, 5.74) is 0.391. The summed E-state index contributed by atoms with van der Waals surface area (Å²) in [5.74, 6) is -1.06. The Kier molecular flexibility index (Phi) is 7.11. The van der Waals surface area contributed by atoms with Crippen LogP contribution in [0.15, 0.2) is 18.2 Å². The molecule has 5 nitrogen and oxygen atoms in total. The van der Waals surface area contributed by atoms with E-state index in [4.69, 9.17) is 11.6 Å². The van der Waals surface area contributed by atoms with Gasteiger partial charge in [-0.25, -0.2) is 0 Å². The third kappa shape index (κ3) is 6.10. The predicted octanol–water partition coefficient (Wildman–Crippen LogP) is 4.26. The van der Waals surface area contributed by atoms with E-state index in [0.29, 0.717) is 5.02 Å². The van der Waals surface area contributed by atoms with Gasteiger partial charge in [0.05, 0.1) is 11.3 Å². The van der Waals surface area contributed by atoms with Gasteiger partial charge in [-0.05, 0) is 51.3 Å². The number of carbonyl (C=O) groups excluding carboxylic acids is 2. The highest BCUT2D eigenvalue weighted by Crippen LogP contribution is 2.28. The molecule has 0 aliphatic carbocycles. The fraction of sp³-hybridized carbons (Fsp3) is 0.556. The molecule has 1 heterocycles. The predicted molar refractivity (Wildman–Crippen MR) is 95.9 cm³/mol. The van der Waals surface area contributed by atoms with E-state index in [-0.39, 0.29) is 29.2 Å². The Morgan fingerprint density at radius 3 is 2.48 bits per heavy atom. The van der Waals surface area contributed by atoms with Gasteiger partial charge in [-0.2, -0.15) is 13.2 Å². The maximum atomic E-state index is 13.1. The molecule has 1 aliphatic heterocycles. The van der Waals surface area contributed by atoms with Crippen LogP contribution in [0, 0.1) is 0 Å². The molecule has 1 aromatic rings.